The van der Waals surface area contributed by atoms with Crippen LogP contribution in [0.15, 0.2) is 48.5 Å². The second-order valence-electron chi connectivity index (χ2n) is 4.78. The Bertz CT molecular complexity index is 535. The van der Waals surface area contributed by atoms with Gasteiger partial charge in [-0.15, -0.1) is 0 Å². The lowest BCUT2D eigenvalue weighted by Gasteiger charge is -2.26. The molecular weight excluding hydrogens is 208 g/mol. The lowest BCUT2D eigenvalue weighted by atomic mass is 9.88. The number of benzene rings is 2. The van der Waals surface area contributed by atoms with Crippen molar-refractivity contribution in [3.63, 3.8) is 0 Å². The van der Waals surface area contributed by atoms with Crippen molar-refractivity contribution in [3.8, 4) is 11.1 Å². The first kappa shape index (κ1) is 9.40. The molecule has 1 heterocycles. The Hall–Kier alpha value is -1.64. The van der Waals surface area contributed by atoms with Crippen molar-refractivity contribution in [2.24, 2.45) is 0 Å². The molecule has 0 aromatic heterocycles. The van der Waals surface area contributed by atoms with Crippen LogP contribution in [-0.2, 0) is 5.54 Å². The van der Waals surface area contributed by atoms with E-state index in [1.807, 2.05) is 0 Å². The summed E-state index contributed by atoms with van der Waals surface area (Å²) in [6, 6.07) is 17.4. The van der Waals surface area contributed by atoms with Crippen LogP contribution in [0.5, 0.6) is 0 Å². The van der Waals surface area contributed by atoms with Crippen LogP contribution in [0.25, 0.3) is 11.1 Å². The Balaban J connectivity index is 2.09. The third kappa shape index (κ3) is 1.07. The smallest absolute Gasteiger partial charge is 0.0839 e. The molecule has 1 aliphatic carbocycles. The summed E-state index contributed by atoms with van der Waals surface area (Å²) in [4.78, 5) is 0. The van der Waals surface area contributed by atoms with E-state index in [1.165, 1.54) is 22.3 Å². The Labute approximate surface area is 101 Å². The number of hydrogen-bond acceptors (Lipinski definition) is 2. The van der Waals surface area contributed by atoms with Crippen LogP contribution in [-0.4, -0.2) is 13.2 Å². The van der Waals surface area contributed by atoms with Crippen LogP contribution >= 0.6 is 0 Å². The average Bonchev–Trinajstić information content (AvgIpc) is 2.98. The molecule has 2 heteroatoms. The molecular formula is C15H14N2. The molecule has 0 radical (unpaired) electrons. The van der Waals surface area contributed by atoms with E-state index in [9.17, 15) is 0 Å². The van der Waals surface area contributed by atoms with Gasteiger partial charge in [0.2, 0.25) is 0 Å². The number of fused-ring (bicyclic) bond motifs is 5. The SMILES string of the molecule is c1ccc2c(c1)-c1ccccc1C21CNCN1. The predicted molar refractivity (Wildman–Crippen MR) is 68.7 cm³/mol. The molecule has 0 amide bonds. The molecule has 2 aliphatic rings. The maximum absolute atomic E-state index is 3.63. The van der Waals surface area contributed by atoms with Crippen molar-refractivity contribution in [2.75, 3.05) is 13.2 Å². The van der Waals surface area contributed by atoms with Gasteiger partial charge in [-0.1, -0.05) is 48.5 Å². The molecule has 0 atom stereocenters. The summed E-state index contributed by atoms with van der Waals surface area (Å²) in [7, 11) is 0. The molecule has 0 saturated carbocycles. The highest BCUT2D eigenvalue weighted by molar-refractivity contribution is 5.81. The van der Waals surface area contributed by atoms with Gasteiger partial charge in [-0.25, -0.2) is 0 Å². The van der Waals surface area contributed by atoms with E-state index >= 15 is 0 Å². The zero-order valence-corrected chi connectivity index (χ0v) is 9.53. The van der Waals surface area contributed by atoms with E-state index in [-0.39, 0.29) is 5.54 Å². The standard InChI is InChI=1S/C15H14N2/c1-3-7-13-11(5-1)12-6-2-4-8-14(12)15(13)9-16-10-17-15/h1-8,16-17H,9-10H2. The highest BCUT2D eigenvalue weighted by Crippen LogP contribution is 2.47. The second-order valence-corrected chi connectivity index (χ2v) is 4.78. The zero-order valence-electron chi connectivity index (χ0n) is 9.53. The van der Waals surface area contributed by atoms with Crippen LogP contribution in [0.1, 0.15) is 11.1 Å². The van der Waals surface area contributed by atoms with Gasteiger partial charge in [-0.2, -0.15) is 0 Å². The molecule has 2 aromatic carbocycles. The first-order valence-corrected chi connectivity index (χ1v) is 6.07. The molecule has 4 rings (SSSR count). The first-order chi connectivity index (χ1) is 8.42. The molecule has 0 unspecified atom stereocenters. The largest absolute Gasteiger partial charge is 0.302 e. The fraction of sp³-hybridized carbons (Fsp3) is 0.200. The third-order valence-electron chi connectivity index (χ3n) is 3.97. The molecule has 2 nitrogen and oxygen atoms in total. The van der Waals surface area contributed by atoms with Crippen molar-refractivity contribution in [1.29, 1.82) is 0 Å². The normalized spacial score (nSPS) is 19.3. The van der Waals surface area contributed by atoms with E-state index in [0.29, 0.717) is 0 Å². The minimum atomic E-state index is -0.00676. The van der Waals surface area contributed by atoms with Crippen LogP contribution in [0.4, 0.5) is 0 Å². The van der Waals surface area contributed by atoms with E-state index in [4.69, 9.17) is 0 Å². The van der Waals surface area contributed by atoms with E-state index in [2.05, 4.69) is 59.2 Å². The topological polar surface area (TPSA) is 24.1 Å². The van der Waals surface area contributed by atoms with Gasteiger partial charge in [0.15, 0.2) is 0 Å². The fourth-order valence-electron chi connectivity index (χ4n) is 3.23. The first-order valence-electron chi connectivity index (χ1n) is 6.07. The van der Waals surface area contributed by atoms with E-state index in [0.717, 1.165) is 13.2 Å². The number of rotatable bonds is 0. The summed E-state index contributed by atoms with van der Waals surface area (Å²) >= 11 is 0. The minimum Gasteiger partial charge on any atom is -0.302 e. The number of nitrogens with one attached hydrogen (secondary N) is 2. The van der Waals surface area contributed by atoms with Crippen molar-refractivity contribution < 1.29 is 0 Å². The fourth-order valence-corrected chi connectivity index (χ4v) is 3.23. The Kier molecular flexibility index (Phi) is 1.76. The highest BCUT2D eigenvalue weighted by atomic mass is 15.2. The summed E-state index contributed by atoms with van der Waals surface area (Å²) in [6.07, 6.45) is 0. The second kappa shape index (κ2) is 3.19. The molecule has 1 fully saturated rings. The van der Waals surface area contributed by atoms with E-state index in [1.54, 1.807) is 0 Å². The molecule has 2 aromatic rings. The van der Waals surface area contributed by atoms with Gasteiger partial charge in [0.1, 0.15) is 0 Å². The summed E-state index contributed by atoms with van der Waals surface area (Å²) in [5.41, 5.74) is 5.56. The predicted octanol–water partition coefficient (Wildman–Crippen LogP) is 2.06. The minimum absolute atomic E-state index is 0.00676. The van der Waals surface area contributed by atoms with Crippen LogP contribution in [0.2, 0.25) is 0 Å². The lowest BCUT2D eigenvalue weighted by molar-refractivity contribution is 0.516. The summed E-state index contributed by atoms with van der Waals surface area (Å²) in [6.45, 7) is 1.85. The monoisotopic (exact) mass is 222 g/mol. The lowest BCUT2D eigenvalue weighted by Crippen LogP contribution is -2.38. The van der Waals surface area contributed by atoms with Crippen LogP contribution in [0.3, 0.4) is 0 Å². The summed E-state index contributed by atoms with van der Waals surface area (Å²) < 4.78 is 0. The van der Waals surface area contributed by atoms with Gasteiger partial charge in [0.05, 0.1) is 5.54 Å². The molecule has 1 spiro atoms. The Morgan fingerprint density at radius 2 is 1.41 bits per heavy atom. The maximum atomic E-state index is 3.63. The van der Waals surface area contributed by atoms with Gasteiger partial charge in [-0.05, 0) is 22.3 Å². The third-order valence-corrected chi connectivity index (χ3v) is 3.97. The summed E-state index contributed by atoms with van der Waals surface area (Å²) in [5, 5.41) is 7.06. The van der Waals surface area contributed by atoms with Gasteiger partial charge in [0.25, 0.3) is 0 Å². The van der Waals surface area contributed by atoms with Crippen molar-refractivity contribution in [1.82, 2.24) is 10.6 Å². The molecule has 1 aliphatic heterocycles. The van der Waals surface area contributed by atoms with Crippen LogP contribution < -0.4 is 10.6 Å². The van der Waals surface area contributed by atoms with Gasteiger partial charge < -0.3 is 5.32 Å². The van der Waals surface area contributed by atoms with Crippen molar-refractivity contribution in [2.45, 2.75) is 5.54 Å². The summed E-state index contributed by atoms with van der Waals surface area (Å²) in [5.74, 6) is 0. The molecule has 0 bridgehead atoms. The zero-order chi connectivity index (χ0) is 11.3. The van der Waals surface area contributed by atoms with Crippen molar-refractivity contribution in [3.05, 3.63) is 59.7 Å². The average molecular weight is 222 g/mol. The quantitative estimate of drug-likeness (QED) is 0.713. The Morgan fingerprint density at radius 3 is 1.94 bits per heavy atom. The van der Waals surface area contributed by atoms with Gasteiger partial charge in [0, 0.05) is 13.2 Å². The van der Waals surface area contributed by atoms with E-state index < -0.39 is 0 Å². The highest BCUT2D eigenvalue weighted by Gasteiger charge is 2.44. The van der Waals surface area contributed by atoms with Gasteiger partial charge in [-0.3, -0.25) is 5.32 Å². The molecule has 2 N–H and O–H groups in total. The van der Waals surface area contributed by atoms with Crippen LogP contribution in [0, 0.1) is 0 Å². The maximum Gasteiger partial charge on any atom is 0.0839 e. The van der Waals surface area contributed by atoms with Gasteiger partial charge >= 0.3 is 0 Å². The molecule has 84 valence electrons. The number of hydrogen-bond donors (Lipinski definition) is 2. The molecule has 17 heavy (non-hydrogen) atoms. The van der Waals surface area contributed by atoms with Crippen molar-refractivity contribution >= 4 is 0 Å². The molecule has 1 saturated heterocycles. The Morgan fingerprint density at radius 1 is 0.824 bits per heavy atom.